The fourth-order valence-corrected chi connectivity index (χ4v) is 2.49. The van der Waals surface area contributed by atoms with Crippen LogP contribution in [0.25, 0.3) is 0 Å². The van der Waals surface area contributed by atoms with Crippen LogP contribution in [0.1, 0.15) is 5.56 Å². The van der Waals surface area contributed by atoms with Gasteiger partial charge in [-0.1, -0.05) is 12.1 Å². The molecule has 1 aliphatic rings. The maximum Gasteiger partial charge on any atom is 0.228 e. The summed E-state index contributed by atoms with van der Waals surface area (Å²) < 4.78 is 17.0. The molecule has 0 spiro atoms. The Morgan fingerprint density at radius 2 is 2.00 bits per heavy atom. The largest absolute Gasteiger partial charge is 0.463 e. The van der Waals surface area contributed by atoms with Crippen molar-refractivity contribution in [1.29, 1.82) is 0 Å². The Labute approximate surface area is 134 Å². The highest BCUT2D eigenvalue weighted by Crippen LogP contribution is 2.16. The molecule has 0 radical (unpaired) electrons. The lowest BCUT2D eigenvalue weighted by Crippen LogP contribution is -2.43. The number of nitrogens with one attached hydrogen (secondary N) is 2. The van der Waals surface area contributed by atoms with Crippen LogP contribution in [0, 0.1) is 0 Å². The van der Waals surface area contributed by atoms with Gasteiger partial charge in [0.15, 0.2) is 0 Å². The number of alkyl halides is 1. The van der Waals surface area contributed by atoms with E-state index in [2.05, 4.69) is 25.5 Å². The van der Waals surface area contributed by atoms with Crippen molar-refractivity contribution in [1.82, 2.24) is 15.3 Å². The first-order chi connectivity index (χ1) is 11.3. The highest BCUT2D eigenvalue weighted by atomic mass is 19.1. The molecule has 1 saturated heterocycles. The molecule has 122 valence electrons. The molecule has 0 aliphatic carbocycles. The smallest absolute Gasteiger partial charge is 0.228 e. The van der Waals surface area contributed by atoms with E-state index in [1.807, 2.05) is 24.5 Å². The summed E-state index contributed by atoms with van der Waals surface area (Å²) in [7, 11) is 0. The number of ether oxygens (including phenoxy) is 1. The molecule has 7 heteroatoms. The quantitative estimate of drug-likeness (QED) is 0.847. The zero-order chi connectivity index (χ0) is 15.9. The number of piperazine rings is 1. The summed E-state index contributed by atoms with van der Waals surface area (Å²) in [6, 6.07) is 7.28. The predicted molar refractivity (Wildman–Crippen MR) is 87.5 cm³/mol. The molecule has 0 amide bonds. The predicted octanol–water partition coefficient (Wildman–Crippen LogP) is 1.80. The van der Waals surface area contributed by atoms with Crippen LogP contribution in [0.15, 0.2) is 36.7 Å². The Balaban J connectivity index is 1.57. The molecule has 0 unspecified atom stereocenters. The van der Waals surface area contributed by atoms with E-state index in [4.69, 9.17) is 4.74 Å². The number of anilines is 2. The zero-order valence-electron chi connectivity index (χ0n) is 12.8. The number of hydrogen-bond donors (Lipinski definition) is 2. The molecule has 1 aromatic carbocycles. The molecule has 1 aromatic heterocycles. The molecule has 3 rings (SSSR count). The highest BCUT2D eigenvalue weighted by Gasteiger charge is 2.11. The van der Waals surface area contributed by atoms with Gasteiger partial charge in [-0.15, -0.1) is 0 Å². The van der Waals surface area contributed by atoms with Gasteiger partial charge in [-0.2, -0.15) is 0 Å². The molecule has 1 aliphatic heterocycles. The van der Waals surface area contributed by atoms with E-state index in [0.717, 1.165) is 37.4 Å². The van der Waals surface area contributed by atoms with Crippen molar-refractivity contribution in [2.45, 2.75) is 6.54 Å². The maximum atomic E-state index is 12.2. The van der Waals surface area contributed by atoms with Gasteiger partial charge in [-0.25, -0.2) is 14.4 Å². The van der Waals surface area contributed by atoms with E-state index in [0.29, 0.717) is 18.2 Å². The third-order valence-corrected chi connectivity index (χ3v) is 3.69. The fourth-order valence-electron chi connectivity index (χ4n) is 2.49. The van der Waals surface area contributed by atoms with Crippen LogP contribution in [-0.4, -0.2) is 43.0 Å². The zero-order valence-corrected chi connectivity index (χ0v) is 12.8. The molecular formula is C16H20FN5O. The Morgan fingerprint density at radius 3 is 2.74 bits per heavy atom. The van der Waals surface area contributed by atoms with Crippen LogP contribution in [0.2, 0.25) is 0 Å². The average Bonchev–Trinajstić information content (AvgIpc) is 2.62. The van der Waals surface area contributed by atoms with Gasteiger partial charge in [-0.3, -0.25) is 0 Å². The molecule has 23 heavy (non-hydrogen) atoms. The van der Waals surface area contributed by atoms with Crippen LogP contribution >= 0.6 is 0 Å². The summed E-state index contributed by atoms with van der Waals surface area (Å²) in [5, 5.41) is 6.48. The second-order valence-electron chi connectivity index (χ2n) is 5.26. The van der Waals surface area contributed by atoms with Crippen molar-refractivity contribution >= 4 is 11.6 Å². The SMILES string of the molecule is FCOc1cccc(CNc2ncc(N3CCNCC3)cn2)c1. The van der Waals surface area contributed by atoms with Crippen molar-refractivity contribution in [3.05, 3.63) is 42.2 Å². The number of benzene rings is 1. The second kappa shape index (κ2) is 7.73. The maximum absolute atomic E-state index is 12.2. The van der Waals surface area contributed by atoms with Crippen molar-refractivity contribution in [3.63, 3.8) is 0 Å². The van der Waals surface area contributed by atoms with Gasteiger partial charge in [0, 0.05) is 32.7 Å². The van der Waals surface area contributed by atoms with Crippen molar-refractivity contribution in [2.24, 2.45) is 0 Å². The van der Waals surface area contributed by atoms with E-state index in [1.165, 1.54) is 0 Å². The van der Waals surface area contributed by atoms with Crippen LogP contribution in [0.4, 0.5) is 16.0 Å². The van der Waals surface area contributed by atoms with E-state index in [9.17, 15) is 4.39 Å². The Bertz CT molecular complexity index is 616. The van der Waals surface area contributed by atoms with Crippen LogP contribution < -0.4 is 20.3 Å². The van der Waals surface area contributed by atoms with Gasteiger partial charge in [0.25, 0.3) is 0 Å². The Kier molecular flexibility index (Phi) is 5.21. The molecule has 2 heterocycles. The second-order valence-corrected chi connectivity index (χ2v) is 5.26. The molecule has 0 bridgehead atoms. The van der Waals surface area contributed by atoms with Gasteiger partial charge >= 0.3 is 0 Å². The lowest BCUT2D eigenvalue weighted by molar-refractivity contribution is 0.191. The van der Waals surface area contributed by atoms with Crippen LogP contribution in [0.3, 0.4) is 0 Å². The minimum Gasteiger partial charge on any atom is -0.463 e. The molecule has 2 aromatic rings. The summed E-state index contributed by atoms with van der Waals surface area (Å²) in [5.74, 6) is 1.09. The molecule has 6 nitrogen and oxygen atoms in total. The highest BCUT2D eigenvalue weighted by molar-refractivity contribution is 5.45. The third-order valence-electron chi connectivity index (χ3n) is 3.69. The summed E-state index contributed by atoms with van der Waals surface area (Å²) in [6.07, 6.45) is 3.67. The van der Waals surface area contributed by atoms with E-state index < -0.39 is 6.86 Å². The minimum absolute atomic E-state index is 0.516. The number of nitrogens with zero attached hydrogens (tertiary/aromatic N) is 3. The van der Waals surface area contributed by atoms with Gasteiger partial charge in [0.1, 0.15) is 5.75 Å². The Hall–Kier alpha value is -2.41. The molecular weight excluding hydrogens is 297 g/mol. The van der Waals surface area contributed by atoms with Crippen molar-refractivity contribution < 1.29 is 9.13 Å². The molecule has 2 N–H and O–H groups in total. The van der Waals surface area contributed by atoms with E-state index in [1.54, 1.807) is 12.1 Å². The number of rotatable bonds is 6. The fraction of sp³-hybridized carbons (Fsp3) is 0.375. The lowest BCUT2D eigenvalue weighted by atomic mass is 10.2. The minimum atomic E-state index is -0.826. The lowest BCUT2D eigenvalue weighted by Gasteiger charge is -2.28. The van der Waals surface area contributed by atoms with E-state index in [-0.39, 0.29) is 0 Å². The van der Waals surface area contributed by atoms with Gasteiger partial charge in [0.05, 0.1) is 18.1 Å². The first-order valence-corrected chi connectivity index (χ1v) is 7.64. The van der Waals surface area contributed by atoms with Gasteiger partial charge < -0.3 is 20.3 Å². The number of aromatic nitrogens is 2. The van der Waals surface area contributed by atoms with Crippen LogP contribution in [0.5, 0.6) is 5.75 Å². The third kappa shape index (κ3) is 4.29. The monoisotopic (exact) mass is 317 g/mol. The number of hydrogen-bond acceptors (Lipinski definition) is 6. The summed E-state index contributed by atoms with van der Waals surface area (Å²) in [5.41, 5.74) is 2.01. The molecule has 0 atom stereocenters. The standard InChI is InChI=1S/C16H20FN5O/c17-12-23-15-3-1-2-13(8-15)9-19-16-20-10-14(11-21-16)22-6-4-18-5-7-22/h1-3,8,10-11,18H,4-7,9,12H2,(H,19,20,21). The molecule has 1 fully saturated rings. The summed E-state index contributed by atoms with van der Waals surface area (Å²) in [6.45, 7) is 3.63. The first-order valence-electron chi connectivity index (χ1n) is 7.64. The number of halogens is 1. The van der Waals surface area contributed by atoms with Gasteiger partial charge in [0.2, 0.25) is 12.8 Å². The van der Waals surface area contributed by atoms with Gasteiger partial charge in [-0.05, 0) is 17.7 Å². The molecule has 0 saturated carbocycles. The average molecular weight is 317 g/mol. The van der Waals surface area contributed by atoms with Crippen molar-refractivity contribution in [2.75, 3.05) is 43.3 Å². The summed E-state index contributed by atoms with van der Waals surface area (Å²) in [4.78, 5) is 11.0. The van der Waals surface area contributed by atoms with Crippen LogP contribution in [-0.2, 0) is 6.54 Å². The van der Waals surface area contributed by atoms with E-state index >= 15 is 0 Å². The Morgan fingerprint density at radius 1 is 1.22 bits per heavy atom. The normalized spacial score (nSPS) is 14.6. The summed E-state index contributed by atoms with van der Waals surface area (Å²) >= 11 is 0. The first kappa shape index (κ1) is 15.5. The van der Waals surface area contributed by atoms with Crippen molar-refractivity contribution in [3.8, 4) is 5.75 Å². The topological polar surface area (TPSA) is 62.3 Å².